The van der Waals surface area contributed by atoms with Gasteiger partial charge in [0.05, 0.1) is 6.04 Å². The molecule has 14 heavy (non-hydrogen) atoms. The van der Waals surface area contributed by atoms with Crippen LogP contribution >= 0.6 is 15.9 Å². The Hall–Kier alpha value is -0.670. The van der Waals surface area contributed by atoms with Gasteiger partial charge in [-0.2, -0.15) is 0 Å². The lowest BCUT2D eigenvalue weighted by molar-refractivity contribution is 0.0966. The summed E-state index contributed by atoms with van der Waals surface area (Å²) in [5.74, 6) is -0.0191. The fourth-order valence-corrected chi connectivity index (χ4v) is 2.32. The van der Waals surface area contributed by atoms with Gasteiger partial charge in [-0.3, -0.25) is 4.79 Å². The van der Waals surface area contributed by atoms with E-state index in [2.05, 4.69) is 15.9 Å². The molecule has 2 N–H and O–H groups in total. The first-order chi connectivity index (χ1) is 6.43. The van der Waals surface area contributed by atoms with Gasteiger partial charge in [0.2, 0.25) is 0 Å². The quantitative estimate of drug-likeness (QED) is 0.826. The largest absolute Gasteiger partial charge is 0.321 e. The Balaban J connectivity index is 3.28. The van der Waals surface area contributed by atoms with Gasteiger partial charge in [-0.1, -0.05) is 22.0 Å². The maximum Gasteiger partial charge on any atom is 0.180 e. The number of nitrogens with two attached hydrogens (primary N) is 1. The molecular formula is C11H14BrNO. The molecule has 1 unspecified atom stereocenters. The molecule has 0 radical (unpaired) electrons. The number of halogens is 1. The number of ketones is 1. The first-order valence-corrected chi connectivity index (χ1v) is 5.29. The summed E-state index contributed by atoms with van der Waals surface area (Å²) in [6.45, 7) is 5.62. The summed E-state index contributed by atoms with van der Waals surface area (Å²) in [6.07, 6.45) is 0. The van der Waals surface area contributed by atoms with Crippen LogP contribution < -0.4 is 5.73 Å². The Morgan fingerprint density at radius 1 is 1.43 bits per heavy atom. The van der Waals surface area contributed by atoms with Crippen molar-refractivity contribution in [2.24, 2.45) is 5.73 Å². The van der Waals surface area contributed by atoms with Gasteiger partial charge in [0, 0.05) is 10.0 Å². The van der Waals surface area contributed by atoms with Crippen LogP contribution in [0.3, 0.4) is 0 Å². The molecule has 76 valence electrons. The van der Waals surface area contributed by atoms with Gasteiger partial charge >= 0.3 is 0 Å². The Bertz CT molecular complexity index is 349. The fraction of sp³-hybridized carbons (Fsp3) is 0.364. The van der Waals surface area contributed by atoms with Crippen molar-refractivity contribution in [2.75, 3.05) is 0 Å². The second-order valence-corrected chi connectivity index (χ2v) is 4.45. The number of hydrogen-bond acceptors (Lipinski definition) is 2. The Kier molecular flexibility index (Phi) is 3.45. The van der Waals surface area contributed by atoms with Gasteiger partial charge in [-0.15, -0.1) is 0 Å². The molecule has 0 aliphatic rings. The van der Waals surface area contributed by atoms with Crippen LogP contribution in [0.2, 0.25) is 0 Å². The van der Waals surface area contributed by atoms with Crippen molar-refractivity contribution in [1.29, 1.82) is 0 Å². The van der Waals surface area contributed by atoms with Crippen LogP contribution in [0, 0.1) is 13.8 Å². The normalized spacial score (nSPS) is 12.6. The molecule has 1 atom stereocenters. The van der Waals surface area contributed by atoms with Gasteiger partial charge in [-0.05, 0) is 38.0 Å². The summed E-state index contributed by atoms with van der Waals surface area (Å²) in [5, 5.41) is 0. The molecule has 0 bridgehead atoms. The maximum atomic E-state index is 11.7. The topological polar surface area (TPSA) is 43.1 Å². The van der Waals surface area contributed by atoms with Gasteiger partial charge in [0.1, 0.15) is 0 Å². The Morgan fingerprint density at radius 2 is 2.00 bits per heavy atom. The monoisotopic (exact) mass is 255 g/mol. The van der Waals surface area contributed by atoms with E-state index < -0.39 is 6.04 Å². The molecule has 0 fully saturated rings. The summed E-state index contributed by atoms with van der Waals surface area (Å²) in [7, 11) is 0. The number of carbonyl (C=O) groups is 1. The third kappa shape index (κ3) is 2.22. The highest BCUT2D eigenvalue weighted by atomic mass is 79.9. The van der Waals surface area contributed by atoms with E-state index in [1.165, 1.54) is 0 Å². The van der Waals surface area contributed by atoms with Gasteiger partial charge in [0.25, 0.3) is 0 Å². The van der Waals surface area contributed by atoms with E-state index in [1.54, 1.807) is 6.92 Å². The summed E-state index contributed by atoms with van der Waals surface area (Å²) < 4.78 is 0.831. The molecule has 0 saturated heterocycles. The van der Waals surface area contributed by atoms with Crippen molar-refractivity contribution in [3.05, 3.63) is 33.3 Å². The summed E-state index contributed by atoms with van der Waals surface area (Å²) in [6, 6.07) is 3.47. The van der Waals surface area contributed by atoms with E-state index >= 15 is 0 Å². The number of carbonyl (C=O) groups excluding carboxylic acids is 1. The van der Waals surface area contributed by atoms with E-state index in [0.717, 1.165) is 15.6 Å². The van der Waals surface area contributed by atoms with Crippen molar-refractivity contribution in [1.82, 2.24) is 0 Å². The van der Waals surface area contributed by atoms with Crippen LogP contribution in [-0.2, 0) is 0 Å². The molecule has 0 amide bonds. The standard InChI is InChI=1S/C11H14BrNO/c1-6-4-7(2)10(9(12)5-6)11(14)8(3)13/h4-5,8H,13H2,1-3H3. The highest BCUT2D eigenvalue weighted by molar-refractivity contribution is 9.10. The van der Waals surface area contributed by atoms with Crippen LogP contribution in [0.25, 0.3) is 0 Å². The Morgan fingerprint density at radius 3 is 2.43 bits per heavy atom. The lowest BCUT2D eigenvalue weighted by Crippen LogP contribution is -2.27. The zero-order valence-electron chi connectivity index (χ0n) is 8.60. The smallest absolute Gasteiger partial charge is 0.180 e. The molecular weight excluding hydrogens is 242 g/mol. The van der Waals surface area contributed by atoms with Crippen molar-refractivity contribution in [3.63, 3.8) is 0 Å². The lowest BCUT2D eigenvalue weighted by Gasteiger charge is -2.11. The van der Waals surface area contributed by atoms with Crippen molar-refractivity contribution in [2.45, 2.75) is 26.8 Å². The van der Waals surface area contributed by atoms with E-state index in [9.17, 15) is 4.79 Å². The minimum atomic E-state index is -0.451. The SMILES string of the molecule is Cc1cc(C)c(C(=O)C(C)N)c(Br)c1. The number of rotatable bonds is 2. The minimum absolute atomic E-state index is 0.0191. The van der Waals surface area contributed by atoms with Crippen LogP contribution in [-0.4, -0.2) is 11.8 Å². The van der Waals surface area contributed by atoms with E-state index in [0.29, 0.717) is 5.56 Å². The fourth-order valence-electron chi connectivity index (χ4n) is 1.46. The predicted molar refractivity (Wildman–Crippen MR) is 61.6 cm³/mol. The molecule has 1 aromatic rings. The van der Waals surface area contributed by atoms with E-state index in [-0.39, 0.29) is 5.78 Å². The molecule has 0 saturated carbocycles. The van der Waals surface area contributed by atoms with Gasteiger partial charge < -0.3 is 5.73 Å². The minimum Gasteiger partial charge on any atom is -0.321 e. The highest BCUT2D eigenvalue weighted by Gasteiger charge is 2.16. The van der Waals surface area contributed by atoms with E-state index in [1.807, 2.05) is 26.0 Å². The second kappa shape index (κ2) is 4.24. The van der Waals surface area contributed by atoms with Crippen LogP contribution in [0.1, 0.15) is 28.4 Å². The van der Waals surface area contributed by atoms with Crippen LogP contribution in [0.15, 0.2) is 16.6 Å². The average molecular weight is 256 g/mol. The van der Waals surface area contributed by atoms with Crippen molar-refractivity contribution in [3.8, 4) is 0 Å². The lowest BCUT2D eigenvalue weighted by atomic mass is 9.99. The molecule has 0 aromatic heterocycles. The van der Waals surface area contributed by atoms with Crippen molar-refractivity contribution >= 4 is 21.7 Å². The molecule has 3 heteroatoms. The molecule has 0 heterocycles. The first kappa shape index (κ1) is 11.4. The molecule has 0 spiro atoms. The Labute approximate surface area is 92.6 Å². The molecule has 1 rings (SSSR count). The number of hydrogen-bond donors (Lipinski definition) is 1. The maximum absolute atomic E-state index is 11.7. The van der Waals surface area contributed by atoms with Gasteiger partial charge in [0.15, 0.2) is 5.78 Å². The van der Waals surface area contributed by atoms with Crippen LogP contribution in [0.5, 0.6) is 0 Å². The summed E-state index contributed by atoms with van der Waals surface area (Å²) in [5.41, 5.74) is 8.38. The zero-order valence-corrected chi connectivity index (χ0v) is 10.2. The molecule has 0 aliphatic heterocycles. The van der Waals surface area contributed by atoms with Gasteiger partial charge in [-0.25, -0.2) is 0 Å². The van der Waals surface area contributed by atoms with E-state index in [4.69, 9.17) is 5.73 Å². The molecule has 0 aliphatic carbocycles. The number of Topliss-reactive ketones (excluding diaryl/α,β-unsaturated/α-hetero) is 1. The predicted octanol–water partition coefficient (Wildman–Crippen LogP) is 2.60. The van der Waals surface area contributed by atoms with Crippen molar-refractivity contribution < 1.29 is 4.79 Å². The highest BCUT2D eigenvalue weighted by Crippen LogP contribution is 2.23. The number of aryl methyl sites for hydroxylation is 2. The third-order valence-corrected chi connectivity index (χ3v) is 2.72. The van der Waals surface area contributed by atoms with Crippen LogP contribution in [0.4, 0.5) is 0 Å². The molecule has 1 aromatic carbocycles. The summed E-state index contributed by atoms with van der Waals surface area (Å²) in [4.78, 5) is 11.7. The third-order valence-electron chi connectivity index (χ3n) is 2.09. The number of benzene rings is 1. The second-order valence-electron chi connectivity index (χ2n) is 3.59. The molecule has 2 nitrogen and oxygen atoms in total. The zero-order chi connectivity index (χ0) is 10.9. The summed E-state index contributed by atoms with van der Waals surface area (Å²) >= 11 is 3.39. The average Bonchev–Trinajstić information content (AvgIpc) is 2.01. The first-order valence-electron chi connectivity index (χ1n) is 4.50.